The van der Waals surface area contributed by atoms with Crippen molar-refractivity contribution in [3.8, 4) is 0 Å². The normalized spacial score (nSPS) is 15.5. The molecular weight excluding hydrogens is 344 g/mol. The highest BCUT2D eigenvalue weighted by molar-refractivity contribution is 7.89. The van der Waals surface area contributed by atoms with Crippen LogP contribution in [0.15, 0.2) is 23.1 Å². The molecular formula is C17H24N2O5S. The smallest absolute Gasteiger partial charge is 0.307 e. The van der Waals surface area contributed by atoms with Crippen LogP contribution in [-0.2, 0) is 24.3 Å². The lowest BCUT2D eigenvalue weighted by Gasteiger charge is -2.13. The Morgan fingerprint density at radius 2 is 1.96 bits per heavy atom. The summed E-state index contributed by atoms with van der Waals surface area (Å²) in [5.41, 5.74) is 1.46. The van der Waals surface area contributed by atoms with Crippen LogP contribution in [0.2, 0.25) is 0 Å². The number of esters is 1. The third kappa shape index (κ3) is 5.82. The number of carbonyl (C=O) groups excluding carboxylic acids is 2. The number of aryl methyl sites for hydroxylation is 2. The van der Waals surface area contributed by atoms with Gasteiger partial charge in [0.1, 0.15) is 0 Å². The number of nitrogens with one attached hydrogen (secondary N) is 2. The first kappa shape index (κ1) is 19.4. The monoisotopic (exact) mass is 368 g/mol. The fourth-order valence-electron chi connectivity index (χ4n) is 2.22. The Morgan fingerprint density at radius 3 is 2.60 bits per heavy atom. The van der Waals surface area contributed by atoms with Crippen LogP contribution in [-0.4, -0.2) is 39.0 Å². The third-order valence-electron chi connectivity index (χ3n) is 3.86. The highest BCUT2D eigenvalue weighted by atomic mass is 32.2. The zero-order chi connectivity index (χ0) is 18.6. The Kier molecular flexibility index (Phi) is 6.18. The van der Waals surface area contributed by atoms with Gasteiger partial charge in [-0.05, 0) is 50.8 Å². The molecule has 0 aliphatic heterocycles. The summed E-state index contributed by atoms with van der Waals surface area (Å²) in [4.78, 5) is 23.7. The van der Waals surface area contributed by atoms with Crippen molar-refractivity contribution in [3.05, 3.63) is 29.3 Å². The van der Waals surface area contributed by atoms with Gasteiger partial charge in [-0.15, -0.1) is 0 Å². The molecule has 1 amide bonds. The molecule has 8 heteroatoms. The van der Waals surface area contributed by atoms with E-state index in [2.05, 4.69) is 10.0 Å². The van der Waals surface area contributed by atoms with E-state index in [9.17, 15) is 18.0 Å². The molecule has 1 saturated carbocycles. The molecule has 0 spiro atoms. The lowest BCUT2D eigenvalue weighted by molar-refractivity contribution is -0.154. The zero-order valence-corrected chi connectivity index (χ0v) is 15.5. The van der Waals surface area contributed by atoms with Crippen molar-refractivity contribution < 1.29 is 22.7 Å². The van der Waals surface area contributed by atoms with Crippen molar-refractivity contribution in [1.29, 1.82) is 0 Å². The second-order valence-corrected chi connectivity index (χ2v) is 8.07. The lowest BCUT2D eigenvalue weighted by Crippen LogP contribution is -2.37. The van der Waals surface area contributed by atoms with E-state index in [0.29, 0.717) is 5.56 Å². The Hall–Kier alpha value is -1.93. The summed E-state index contributed by atoms with van der Waals surface area (Å²) in [7, 11) is -3.70. The maximum atomic E-state index is 12.3. The van der Waals surface area contributed by atoms with E-state index in [0.717, 1.165) is 18.4 Å². The van der Waals surface area contributed by atoms with Crippen LogP contribution < -0.4 is 10.0 Å². The predicted molar refractivity (Wildman–Crippen MR) is 92.4 cm³/mol. The van der Waals surface area contributed by atoms with Crippen LogP contribution in [0.5, 0.6) is 0 Å². The molecule has 1 aliphatic carbocycles. The van der Waals surface area contributed by atoms with Gasteiger partial charge in [-0.3, -0.25) is 9.59 Å². The van der Waals surface area contributed by atoms with Gasteiger partial charge in [0.25, 0.3) is 5.91 Å². The molecule has 7 nitrogen and oxygen atoms in total. The van der Waals surface area contributed by atoms with Gasteiger partial charge < -0.3 is 10.1 Å². The fraction of sp³-hybridized carbons (Fsp3) is 0.529. The minimum atomic E-state index is -3.70. The van der Waals surface area contributed by atoms with Gasteiger partial charge in [-0.25, -0.2) is 13.1 Å². The molecule has 2 N–H and O–H groups in total. The molecule has 1 aliphatic rings. The van der Waals surface area contributed by atoms with Crippen LogP contribution in [0.3, 0.4) is 0 Å². The van der Waals surface area contributed by atoms with E-state index in [4.69, 9.17) is 4.74 Å². The summed E-state index contributed by atoms with van der Waals surface area (Å²) in [5, 5.41) is 2.74. The van der Waals surface area contributed by atoms with Gasteiger partial charge in [-0.2, -0.15) is 0 Å². The van der Waals surface area contributed by atoms with Crippen molar-refractivity contribution in [2.24, 2.45) is 0 Å². The number of ether oxygens (including phenoxy) is 1. The number of benzene rings is 1. The Labute approximate surface area is 148 Å². The Morgan fingerprint density at radius 1 is 1.28 bits per heavy atom. The molecule has 0 radical (unpaired) electrons. The standard InChI is InChI=1S/C17H24N2O5S/c1-11-4-5-12(2)15(10-11)25(22,23)18-9-8-16(20)24-13(3)17(21)19-14-6-7-14/h4-5,10,13-14,18H,6-9H2,1-3H3,(H,19,21)/t13-/m0/s1. The van der Waals surface area contributed by atoms with E-state index < -0.39 is 22.1 Å². The van der Waals surface area contributed by atoms with Gasteiger partial charge in [-0.1, -0.05) is 12.1 Å². The van der Waals surface area contributed by atoms with Crippen LogP contribution in [0, 0.1) is 13.8 Å². The first-order chi connectivity index (χ1) is 11.7. The number of hydrogen-bond acceptors (Lipinski definition) is 5. The second kappa shape index (κ2) is 7.97. The minimum Gasteiger partial charge on any atom is -0.453 e. The van der Waals surface area contributed by atoms with Gasteiger partial charge in [0.15, 0.2) is 6.10 Å². The number of amides is 1. The number of carbonyl (C=O) groups is 2. The molecule has 0 aromatic heterocycles. The van der Waals surface area contributed by atoms with Crippen molar-refractivity contribution in [2.75, 3.05) is 6.54 Å². The van der Waals surface area contributed by atoms with Crippen molar-refractivity contribution >= 4 is 21.9 Å². The average molecular weight is 368 g/mol. The average Bonchev–Trinajstić information content (AvgIpc) is 3.33. The first-order valence-electron chi connectivity index (χ1n) is 8.26. The van der Waals surface area contributed by atoms with Gasteiger partial charge in [0.05, 0.1) is 11.3 Å². The largest absolute Gasteiger partial charge is 0.453 e. The van der Waals surface area contributed by atoms with E-state index in [1.807, 2.05) is 13.0 Å². The summed E-state index contributed by atoms with van der Waals surface area (Å²) >= 11 is 0. The molecule has 0 bridgehead atoms. The van der Waals surface area contributed by atoms with E-state index in [1.165, 1.54) is 6.92 Å². The molecule has 0 unspecified atom stereocenters. The molecule has 0 saturated heterocycles. The maximum absolute atomic E-state index is 12.3. The van der Waals surface area contributed by atoms with Crippen LogP contribution >= 0.6 is 0 Å². The zero-order valence-electron chi connectivity index (χ0n) is 14.7. The highest BCUT2D eigenvalue weighted by Crippen LogP contribution is 2.19. The van der Waals surface area contributed by atoms with Gasteiger partial charge >= 0.3 is 5.97 Å². The summed E-state index contributed by atoms with van der Waals surface area (Å²) in [6.45, 7) is 4.92. The van der Waals surface area contributed by atoms with Gasteiger partial charge in [0.2, 0.25) is 10.0 Å². The Bertz CT molecular complexity index is 756. The van der Waals surface area contributed by atoms with Crippen molar-refractivity contribution in [3.63, 3.8) is 0 Å². The molecule has 1 atom stereocenters. The number of rotatable bonds is 8. The molecule has 25 heavy (non-hydrogen) atoms. The van der Waals surface area contributed by atoms with Gasteiger partial charge in [0, 0.05) is 12.6 Å². The van der Waals surface area contributed by atoms with Crippen molar-refractivity contribution in [1.82, 2.24) is 10.0 Å². The number of sulfonamides is 1. The number of hydrogen-bond donors (Lipinski definition) is 2. The van der Waals surface area contributed by atoms with E-state index in [-0.39, 0.29) is 29.8 Å². The second-order valence-electron chi connectivity index (χ2n) is 6.33. The lowest BCUT2D eigenvalue weighted by atomic mass is 10.2. The predicted octanol–water partition coefficient (Wildman–Crippen LogP) is 1.18. The van der Waals surface area contributed by atoms with E-state index >= 15 is 0 Å². The summed E-state index contributed by atoms with van der Waals surface area (Å²) in [5.74, 6) is -0.950. The summed E-state index contributed by atoms with van der Waals surface area (Å²) in [6, 6.07) is 5.34. The van der Waals surface area contributed by atoms with Crippen LogP contribution in [0.4, 0.5) is 0 Å². The third-order valence-corrected chi connectivity index (χ3v) is 5.46. The SMILES string of the molecule is Cc1ccc(C)c(S(=O)(=O)NCCC(=O)O[C@@H](C)C(=O)NC2CC2)c1. The molecule has 1 aromatic carbocycles. The maximum Gasteiger partial charge on any atom is 0.307 e. The van der Waals surface area contributed by atoms with E-state index in [1.54, 1.807) is 19.1 Å². The molecule has 0 heterocycles. The summed E-state index contributed by atoms with van der Waals surface area (Å²) < 4.78 is 32.0. The quantitative estimate of drug-likeness (QED) is 0.671. The highest BCUT2D eigenvalue weighted by Gasteiger charge is 2.27. The Balaban J connectivity index is 1.81. The molecule has 1 aromatic rings. The van der Waals surface area contributed by atoms with Crippen molar-refractivity contribution in [2.45, 2.75) is 57.1 Å². The van der Waals surface area contributed by atoms with Crippen LogP contribution in [0.1, 0.15) is 37.3 Å². The molecule has 1 fully saturated rings. The minimum absolute atomic E-state index is 0.0918. The van der Waals surface area contributed by atoms with Crippen LogP contribution in [0.25, 0.3) is 0 Å². The topological polar surface area (TPSA) is 102 Å². The first-order valence-corrected chi connectivity index (χ1v) is 9.74. The summed E-state index contributed by atoms with van der Waals surface area (Å²) in [6.07, 6.45) is 0.869. The molecule has 2 rings (SSSR count). The molecule has 138 valence electrons. The fourth-order valence-corrected chi connectivity index (χ4v) is 3.58.